The third-order valence-electron chi connectivity index (χ3n) is 2.96. The Bertz CT molecular complexity index is 620. The van der Waals surface area contributed by atoms with Gasteiger partial charge in [0, 0.05) is 5.56 Å². The van der Waals surface area contributed by atoms with Gasteiger partial charge in [-0.15, -0.1) is 0 Å². The highest BCUT2D eigenvalue weighted by Crippen LogP contribution is 2.34. The molecular weight excluding hydrogens is 278 g/mol. The van der Waals surface area contributed by atoms with E-state index in [0.29, 0.717) is 35.5 Å². The maximum absolute atomic E-state index is 11.3. The van der Waals surface area contributed by atoms with Crippen LogP contribution >= 0.6 is 0 Å². The van der Waals surface area contributed by atoms with E-state index in [2.05, 4.69) is 10.8 Å². The van der Waals surface area contributed by atoms with Gasteiger partial charge in [-0.05, 0) is 25.0 Å². The van der Waals surface area contributed by atoms with E-state index in [1.807, 2.05) is 6.92 Å². The number of hydrogen-bond acceptors (Lipinski definition) is 5. The normalized spacial score (nSPS) is 12.5. The Morgan fingerprint density at radius 1 is 1.50 bits per heavy atom. The molecule has 0 fully saturated rings. The molecule has 0 aliphatic heterocycles. The van der Waals surface area contributed by atoms with Crippen molar-refractivity contribution >= 4 is 21.4 Å². The number of nitrogens with two attached hydrogens (primary N) is 1. The van der Waals surface area contributed by atoms with Gasteiger partial charge in [-0.3, -0.25) is 4.72 Å². The molecule has 20 heavy (non-hydrogen) atoms. The summed E-state index contributed by atoms with van der Waals surface area (Å²) in [7, 11) is -1.90. The monoisotopic (exact) mass is 297 g/mol. The number of nitrogens with zero attached hydrogens (tertiary/aromatic N) is 1. The summed E-state index contributed by atoms with van der Waals surface area (Å²) in [6, 6.07) is 5.39. The van der Waals surface area contributed by atoms with E-state index in [0.717, 1.165) is 6.26 Å². The van der Waals surface area contributed by atoms with Crippen LogP contribution in [0.5, 0.6) is 5.75 Å². The predicted octanol–water partition coefficient (Wildman–Crippen LogP) is 1.74. The predicted molar refractivity (Wildman–Crippen MR) is 79.0 cm³/mol. The Hall–Kier alpha value is -1.94. The standard InChI is InChI=1S/C13H19N3O3S/c1-4-9(8-14)7-10-12(19-2)6-5-11(13(10)15)16-20(3,17)18/h5-6,9,16H,4,7,15H2,1-3H3. The van der Waals surface area contributed by atoms with E-state index in [1.54, 1.807) is 12.1 Å². The number of sulfonamides is 1. The number of ether oxygens (including phenoxy) is 1. The van der Waals surface area contributed by atoms with Gasteiger partial charge in [0.15, 0.2) is 0 Å². The molecule has 1 unspecified atom stereocenters. The van der Waals surface area contributed by atoms with E-state index < -0.39 is 10.0 Å². The van der Waals surface area contributed by atoms with Gasteiger partial charge in [-0.1, -0.05) is 6.92 Å². The molecule has 0 radical (unpaired) electrons. The first-order valence-electron chi connectivity index (χ1n) is 6.15. The molecule has 0 saturated carbocycles. The fourth-order valence-electron chi connectivity index (χ4n) is 1.86. The Balaban J connectivity index is 3.26. The van der Waals surface area contributed by atoms with Gasteiger partial charge >= 0.3 is 0 Å². The van der Waals surface area contributed by atoms with Crippen molar-refractivity contribution in [2.75, 3.05) is 23.8 Å². The topological polar surface area (TPSA) is 105 Å². The number of benzene rings is 1. The molecule has 0 spiro atoms. The number of nitrogen functional groups attached to an aromatic ring is 1. The molecule has 110 valence electrons. The molecule has 0 aliphatic rings. The molecule has 1 atom stereocenters. The van der Waals surface area contributed by atoms with Crippen molar-refractivity contribution in [3.63, 3.8) is 0 Å². The van der Waals surface area contributed by atoms with Gasteiger partial charge in [0.1, 0.15) is 5.75 Å². The summed E-state index contributed by atoms with van der Waals surface area (Å²) >= 11 is 0. The highest BCUT2D eigenvalue weighted by Gasteiger charge is 2.17. The van der Waals surface area contributed by atoms with E-state index in [4.69, 9.17) is 15.7 Å². The molecule has 0 heterocycles. The molecule has 1 rings (SSSR count). The lowest BCUT2D eigenvalue weighted by Crippen LogP contribution is -2.13. The van der Waals surface area contributed by atoms with Gasteiger partial charge in [-0.2, -0.15) is 5.26 Å². The van der Waals surface area contributed by atoms with Crippen molar-refractivity contribution in [3.8, 4) is 11.8 Å². The van der Waals surface area contributed by atoms with E-state index >= 15 is 0 Å². The van der Waals surface area contributed by atoms with Crippen molar-refractivity contribution in [1.82, 2.24) is 0 Å². The van der Waals surface area contributed by atoms with Crippen LogP contribution in [0.3, 0.4) is 0 Å². The van der Waals surface area contributed by atoms with Crippen LogP contribution in [0.2, 0.25) is 0 Å². The van der Waals surface area contributed by atoms with Crippen LogP contribution in [0.4, 0.5) is 11.4 Å². The summed E-state index contributed by atoms with van der Waals surface area (Å²) in [5.41, 5.74) is 7.25. The van der Waals surface area contributed by atoms with Crippen molar-refractivity contribution in [2.45, 2.75) is 19.8 Å². The summed E-state index contributed by atoms with van der Waals surface area (Å²) in [6.45, 7) is 1.91. The summed E-state index contributed by atoms with van der Waals surface area (Å²) in [4.78, 5) is 0. The minimum Gasteiger partial charge on any atom is -0.496 e. The minimum absolute atomic E-state index is 0.195. The van der Waals surface area contributed by atoms with Crippen LogP contribution in [-0.4, -0.2) is 21.8 Å². The molecule has 1 aromatic carbocycles. The molecule has 0 aliphatic carbocycles. The fraction of sp³-hybridized carbons (Fsp3) is 0.462. The number of hydrogen-bond donors (Lipinski definition) is 2. The van der Waals surface area contributed by atoms with Crippen molar-refractivity contribution in [1.29, 1.82) is 5.26 Å². The zero-order valence-electron chi connectivity index (χ0n) is 11.8. The molecule has 3 N–H and O–H groups in total. The lowest BCUT2D eigenvalue weighted by molar-refractivity contribution is 0.407. The maximum atomic E-state index is 11.3. The number of nitrogens with one attached hydrogen (secondary N) is 1. The summed E-state index contributed by atoms with van der Waals surface area (Å²) < 4.78 is 30.2. The molecular formula is C13H19N3O3S. The second-order valence-electron chi connectivity index (χ2n) is 4.52. The van der Waals surface area contributed by atoms with Gasteiger partial charge in [-0.25, -0.2) is 8.42 Å². The lowest BCUT2D eigenvalue weighted by Gasteiger charge is -2.17. The average molecular weight is 297 g/mol. The Labute approximate surface area is 119 Å². The number of rotatable bonds is 6. The molecule has 1 aromatic rings. The second-order valence-corrected chi connectivity index (χ2v) is 6.27. The third kappa shape index (κ3) is 4.03. The first kappa shape index (κ1) is 16.1. The van der Waals surface area contributed by atoms with Crippen molar-refractivity contribution in [3.05, 3.63) is 17.7 Å². The van der Waals surface area contributed by atoms with Crippen LogP contribution in [0, 0.1) is 17.2 Å². The Morgan fingerprint density at radius 3 is 2.60 bits per heavy atom. The van der Waals surface area contributed by atoms with E-state index in [1.165, 1.54) is 7.11 Å². The lowest BCUT2D eigenvalue weighted by atomic mass is 9.96. The maximum Gasteiger partial charge on any atom is 0.229 e. The Morgan fingerprint density at radius 2 is 2.15 bits per heavy atom. The minimum atomic E-state index is -3.41. The van der Waals surface area contributed by atoms with Gasteiger partial charge in [0.05, 0.1) is 36.7 Å². The van der Waals surface area contributed by atoms with Gasteiger partial charge < -0.3 is 10.5 Å². The zero-order valence-corrected chi connectivity index (χ0v) is 12.6. The quantitative estimate of drug-likeness (QED) is 0.778. The molecule has 0 saturated heterocycles. The average Bonchev–Trinajstić information content (AvgIpc) is 2.38. The summed E-state index contributed by atoms with van der Waals surface area (Å²) in [5, 5.41) is 9.05. The smallest absolute Gasteiger partial charge is 0.229 e. The molecule has 0 amide bonds. The largest absolute Gasteiger partial charge is 0.496 e. The molecule has 0 aromatic heterocycles. The van der Waals surface area contributed by atoms with Crippen LogP contribution in [0.25, 0.3) is 0 Å². The first-order chi connectivity index (χ1) is 9.32. The second kappa shape index (κ2) is 6.48. The van der Waals surface area contributed by atoms with Crippen molar-refractivity contribution < 1.29 is 13.2 Å². The van der Waals surface area contributed by atoms with Crippen LogP contribution in [0.15, 0.2) is 12.1 Å². The van der Waals surface area contributed by atoms with Crippen LogP contribution < -0.4 is 15.2 Å². The number of methoxy groups -OCH3 is 1. The van der Waals surface area contributed by atoms with Crippen molar-refractivity contribution in [2.24, 2.45) is 5.92 Å². The van der Waals surface area contributed by atoms with E-state index in [-0.39, 0.29) is 5.92 Å². The van der Waals surface area contributed by atoms with Gasteiger partial charge in [0.2, 0.25) is 10.0 Å². The van der Waals surface area contributed by atoms with Crippen LogP contribution in [0.1, 0.15) is 18.9 Å². The number of anilines is 2. The zero-order chi connectivity index (χ0) is 15.3. The fourth-order valence-corrected chi connectivity index (χ4v) is 2.44. The first-order valence-corrected chi connectivity index (χ1v) is 8.04. The van der Waals surface area contributed by atoms with E-state index in [9.17, 15) is 8.42 Å². The molecule has 0 bridgehead atoms. The Kier molecular flexibility index (Phi) is 5.22. The summed E-state index contributed by atoms with van der Waals surface area (Å²) in [6.07, 6.45) is 2.16. The summed E-state index contributed by atoms with van der Waals surface area (Å²) in [5.74, 6) is 0.356. The molecule has 7 heteroatoms. The molecule has 6 nitrogen and oxygen atoms in total. The highest BCUT2D eigenvalue weighted by molar-refractivity contribution is 7.92. The number of nitriles is 1. The highest BCUT2D eigenvalue weighted by atomic mass is 32.2. The van der Waals surface area contributed by atoms with Crippen LogP contribution in [-0.2, 0) is 16.4 Å². The SMILES string of the molecule is CCC(C#N)Cc1c(OC)ccc(NS(C)(=O)=O)c1N. The van der Waals surface area contributed by atoms with Gasteiger partial charge in [0.25, 0.3) is 0 Å². The third-order valence-corrected chi connectivity index (χ3v) is 3.55.